The van der Waals surface area contributed by atoms with Crippen LogP contribution in [0.4, 0.5) is 10.5 Å². The van der Waals surface area contributed by atoms with E-state index in [4.69, 9.17) is 16.3 Å². The molecule has 0 fully saturated rings. The van der Waals surface area contributed by atoms with Gasteiger partial charge in [0.2, 0.25) is 5.91 Å². The summed E-state index contributed by atoms with van der Waals surface area (Å²) >= 11 is 6.51. The maximum Gasteiger partial charge on any atom is 0.408 e. The first-order valence-electron chi connectivity index (χ1n) is 15.9. The number of hydrogen-bond donors (Lipinski definition) is 4. The Morgan fingerprint density at radius 2 is 1.51 bits per heavy atom. The normalized spacial score (nSPS) is 13.4. The van der Waals surface area contributed by atoms with Crippen LogP contribution >= 0.6 is 11.6 Å². The van der Waals surface area contributed by atoms with E-state index in [1.54, 1.807) is 70.2 Å². The molecule has 3 amide bonds. The lowest BCUT2D eigenvalue weighted by Gasteiger charge is -2.39. The number of halogens is 1. The van der Waals surface area contributed by atoms with Crippen molar-refractivity contribution < 1.29 is 29.3 Å². The third-order valence-corrected chi connectivity index (χ3v) is 8.13. The van der Waals surface area contributed by atoms with Gasteiger partial charge in [-0.3, -0.25) is 9.59 Å². The molecule has 3 aromatic carbocycles. The van der Waals surface area contributed by atoms with Gasteiger partial charge in [-0.05, 0) is 95.2 Å². The summed E-state index contributed by atoms with van der Waals surface area (Å²) in [7, 11) is 0. The van der Waals surface area contributed by atoms with Gasteiger partial charge in [0.05, 0.1) is 10.7 Å². The van der Waals surface area contributed by atoms with Crippen LogP contribution in [0.25, 0.3) is 0 Å². The van der Waals surface area contributed by atoms with Crippen molar-refractivity contribution in [3.63, 3.8) is 0 Å². The molecule has 10 heteroatoms. The Hall–Kier alpha value is -4.24. The van der Waals surface area contributed by atoms with Crippen LogP contribution in [0, 0.1) is 19.8 Å². The van der Waals surface area contributed by atoms with Crippen LogP contribution in [-0.4, -0.2) is 50.7 Å². The van der Waals surface area contributed by atoms with E-state index < -0.39 is 41.6 Å². The molecule has 0 aliphatic heterocycles. The van der Waals surface area contributed by atoms with E-state index in [1.165, 1.54) is 17.0 Å². The Bertz CT molecular complexity index is 1530. The highest BCUT2D eigenvalue weighted by Crippen LogP contribution is 2.36. The highest BCUT2D eigenvalue weighted by Gasteiger charge is 2.40. The summed E-state index contributed by atoms with van der Waals surface area (Å²) < 4.78 is 5.53. The number of aryl methyl sites for hydroxylation is 2. The van der Waals surface area contributed by atoms with E-state index in [9.17, 15) is 24.6 Å². The van der Waals surface area contributed by atoms with Crippen molar-refractivity contribution in [3.05, 3.63) is 87.9 Å². The lowest BCUT2D eigenvalue weighted by atomic mass is 9.94. The van der Waals surface area contributed by atoms with Crippen molar-refractivity contribution in [2.45, 2.75) is 98.4 Å². The van der Waals surface area contributed by atoms with Gasteiger partial charge in [0, 0.05) is 18.0 Å². The number of carbonyl (C=O) groups is 3. The molecule has 0 radical (unpaired) electrons. The number of anilines is 1. The van der Waals surface area contributed by atoms with Gasteiger partial charge in [-0.2, -0.15) is 0 Å². The standard InChI is InChI=1S/C37H48ClN3O6/c1-22(2)15-16-25(5)41(35(45)30(39-36(46)47-37(6,7)8)21-26-17-19-27(42)20-18-26)32(28-13-9-12-24(4)33(28)43)34(44)40-31-23(3)11-10-14-29(31)38/h9-14,17-20,22,25,30,32,42-43H,15-16,21H2,1-8H3,(H,39,46)(H,40,44). The predicted octanol–water partition coefficient (Wildman–Crippen LogP) is 7.84. The van der Waals surface area contributed by atoms with Gasteiger partial charge in [0.15, 0.2) is 0 Å². The SMILES string of the molecule is Cc1cccc(C(C(=O)Nc2c(C)cccc2Cl)N(C(=O)C(Cc2ccc(O)cc2)NC(=O)OC(C)(C)C)C(C)CCC(C)C)c1O. The minimum absolute atomic E-state index is 0.0452. The van der Waals surface area contributed by atoms with Crippen LogP contribution in [0.1, 0.15) is 82.7 Å². The van der Waals surface area contributed by atoms with Crippen molar-refractivity contribution in [1.29, 1.82) is 0 Å². The number of aromatic hydroxyl groups is 2. The Kier molecular flexibility index (Phi) is 12.7. The van der Waals surface area contributed by atoms with Crippen LogP contribution in [0.5, 0.6) is 11.5 Å². The number of rotatable bonds is 12. The molecule has 3 rings (SSSR count). The summed E-state index contributed by atoms with van der Waals surface area (Å²) in [5.41, 5.74) is 1.72. The molecule has 0 aliphatic carbocycles. The fourth-order valence-corrected chi connectivity index (χ4v) is 5.58. The molecular weight excluding hydrogens is 618 g/mol. The monoisotopic (exact) mass is 665 g/mol. The second-order valence-electron chi connectivity index (χ2n) is 13.5. The van der Waals surface area contributed by atoms with E-state index in [0.717, 1.165) is 12.0 Å². The van der Waals surface area contributed by atoms with E-state index in [-0.39, 0.29) is 23.5 Å². The van der Waals surface area contributed by atoms with E-state index in [1.807, 2.05) is 19.9 Å². The number of phenols is 2. The van der Waals surface area contributed by atoms with Gasteiger partial charge in [-0.1, -0.05) is 67.9 Å². The summed E-state index contributed by atoms with van der Waals surface area (Å²) in [6.45, 7) is 14.7. The third kappa shape index (κ3) is 10.4. The number of amides is 3. The molecule has 0 bridgehead atoms. The van der Waals surface area contributed by atoms with Crippen LogP contribution < -0.4 is 10.6 Å². The van der Waals surface area contributed by atoms with Crippen LogP contribution in [-0.2, 0) is 20.7 Å². The largest absolute Gasteiger partial charge is 0.508 e. The first kappa shape index (κ1) is 37.2. The van der Waals surface area contributed by atoms with E-state index in [2.05, 4.69) is 24.5 Å². The molecule has 3 aromatic rings. The maximum absolute atomic E-state index is 14.9. The van der Waals surface area contributed by atoms with Crippen LogP contribution in [0.3, 0.4) is 0 Å². The molecule has 0 saturated carbocycles. The first-order valence-corrected chi connectivity index (χ1v) is 16.3. The average molecular weight is 666 g/mol. The van der Waals surface area contributed by atoms with Gasteiger partial charge >= 0.3 is 6.09 Å². The zero-order valence-electron chi connectivity index (χ0n) is 28.6. The van der Waals surface area contributed by atoms with Gasteiger partial charge in [0.25, 0.3) is 5.91 Å². The molecule has 254 valence electrons. The Labute approximate surface area is 283 Å². The Morgan fingerprint density at radius 3 is 2.11 bits per heavy atom. The maximum atomic E-state index is 14.9. The van der Waals surface area contributed by atoms with Crippen molar-refractivity contribution in [2.24, 2.45) is 5.92 Å². The second-order valence-corrected chi connectivity index (χ2v) is 13.9. The van der Waals surface area contributed by atoms with Gasteiger partial charge < -0.3 is 30.5 Å². The lowest BCUT2D eigenvalue weighted by Crippen LogP contribution is -2.55. The topological polar surface area (TPSA) is 128 Å². The number of benzene rings is 3. The molecule has 0 aliphatic rings. The molecule has 3 atom stereocenters. The molecule has 4 N–H and O–H groups in total. The van der Waals surface area contributed by atoms with Crippen LogP contribution in [0.15, 0.2) is 60.7 Å². The summed E-state index contributed by atoms with van der Waals surface area (Å²) in [6.07, 6.45) is 0.549. The van der Waals surface area contributed by atoms with E-state index in [0.29, 0.717) is 34.2 Å². The molecule has 0 heterocycles. The summed E-state index contributed by atoms with van der Waals surface area (Å²) in [4.78, 5) is 44.0. The molecule has 0 saturated heterocycles. The summed E-state index contributed by atoms with van der Waals surface area (Å²) in [6, 6.07) is 13.7. The molecule has 47 heavy (non-hydrogen) atoms. The van der Waals surface area contributed by atoms with Crippen molar-refractivity contribution in [2.75, 3.05) is 5.32 Å². The highest BCUT2D eigenvalue weighted by molar-refractivity contribution is 6.34. The van der Waals surface area contributed by atoms with Crippen molar-refractivity contribution in [3.8, 4) is 11.5 Å². The summed E-state index contributed by atoms with van der Waals surface area (Å²) in [5.74, 6) is -0.869. The van der Waals surface area contributed by atoms with Crippen LogP contribution in [0.2, 0.25) is 5.02 Å². The molecule has 0 spiro atoms. The lowest BCUT2D eigenvalue weighted by molar-refractivity contribution is -0.143. The number of phenolic OH excluding ortho intramolecular Hbond substituents is 2. The number of hydrogen-bond acceptors (Lipinski definition) is 6. The summed E-state index contributed by atoms with van der Waals surface area (Å²) in [5, 5.41) is 27.2. The number of ether oxygens (including phenoxy) is 1. The first-order chi connectivity index (χ1) is 22.0. The molecule has 3 unspecified atom stereocenters. The number of carbonyl (C=O) groups excluding carboxylic acids is 3. The number of para-hydroxylation sites is 2. The smallest absolute Gasteiger partial charge is 0.408 e. The highest BCUT2D eigenvalue weighted by atomic mass is 35.5. The quantitative estimate of drug-likeness (QED) is 0.156. The van der Waals surface area contributed by atoms with Gasteiger partial charge in [0.1, 0.15) is 29.2 Å². The predicted molar refractivity (Wildman–Crippen MR) is 186 cm³/mol. The number of nitrogens with one attached hydrogen (secondary N) is 2. The molecule has 0 aromatic heterocycles. The number of nitrogens with zero attached hydrogens (tertiary/aromatic N) is 1. The zero-order chi connectivity index (χ0) is 35.1. The molecular formula is C37H48ClN3O6. The Balaban J connectivity index is 2.21. The average Bonchev–Trinajstić information content (AvgIpc) is 2.97. The van der Waals surface area contributed by atoms with E-state index >= 15 is 0 Å². The fourth-order valence-electron chi connectivity index (χ4n) is 5.31. The third-order valence-electron chi connectivity index (χ3n) is 7.82. The second kappa shape index (κ2) is 16.0. The molecule has 9 nitrogen and oxygen atoms in total. The van der Waals surface area contributed by atoms with Gasteiger partial charge in [-0.15, -0.1) is 0 Å². The van der Waals surface area contributed by atoms with Gasteiger partial charge in [-0.25, -0.2) is 4.79 Å². The fraction of sp³-hybridized carbons (Fsp3) is 0.432. The minimum atomic E-state index is -1.30. The zero-order valence-corrected chi connectivity index (χ0v) is 29.3. The van der Waals surface area contributed by atoms with Crippen molar-refractivity contribution in [1.82, 2.24) is 10.2 Å². The van der Waals surface area contributed by atoms with Crippen molar-refractivity contribution >= 4 is 35.2 Å². The minimum Gasteiger partial charge on any atom is -0.508 e. The Morgan fingerprint density at radius 1 is 0.894 bits per heavy atom. The number of alkyl carbamates (subject to hydrolysis) is 1.